The lowest BCUT2D eigenvalue weighted by atomic mass is 10.2. The maximum atomic E-state index is 11.8. The van der Waals surface area contributed by atoms with Gasteiger partial charge in [-0.25, -0.2) is 4.99 Å². The zero-order valence-corrected chi connectivity index (χ0v) is 15.3. The molecule has 1 aromatic carbocycles. The first-order valence-corrected chi connectivity index (χ1v) is 8.35. The summed E-state index contributed by atoms with van der Waals surface area (Å²) in [4.78, 5) is 19.8. The molecule has 0 aliphatic rings. The summed E-state index contributed by atoms with van der Waals surface area (Å²) in [6.07, 6.45) is 0.896. The number of rotatable bonds is 9. The van der Waals surface area contributed by atoms with Crippen LogP contribution in [0.4, 0.5) is 0 Å². The van der Waals surface area contributed by atoms with Gasteiger partial charge in [0.15, 0.2) is 5.96 Å². The number of guanidine groups is 1. The second-order valence-corrected chi connectivity index (χ2v) is 5.75. The van der Waals surface area contributed by atoms with Crippen molar-refractivity contribution >= 4 is 11.9 Å². The van der Waals surface area contributed by atoms with Crippen molar-refractivity contribution < 1.29 is 9.53 Å². The van der Waals surface area contributed by atoms with Gasteiger partial charge in [-0.2, -0.15) is 0 Å². The predicted octanol–water partition coefficient (Wildman–Crippen LogP) is 1.58. The summed E-state index contributed by atoms with van der Waals surface area (Å²) in [6, 6.07) is 10.2. The molecule has 0 spiro atoms. The number of nitrogens with zero attached hydrogens (tertiary/aromatic N) is 3. The monoisotopic (exact) mass is 334 g/mol. The Balaban J connectivity index is 2.64. The van der Waals surface area contributed by atoms with Crippen LogP contribution in [0.1, 0.15) is 18.9 Å². The molecule has 0 saturated carbocycles. The molecule has 0 aliphatic heterocycles. The minimum Gasteiger partial charge on any atom is -0.382 e. The third-order valence-corrected chi connectivity index (χ3v) is 3.44. The molecule has 1 aromatic rings. The molecular formula is C18H30N4O2. The molecule has 0 bridgehead atoms. The highest BCUT2D eigenvalue weighted by Crippen LogP contribution is 2.03. The number of hydrogen-bond acceptors (Lipinski definition) is 3. The molecule has 6 nitrogen and oxygen atoms in total. The van der Waals surface area contributed by atoms with Crippen LogP contribution in [-0.4, -0.2) is 69.1 Å². The largest absolute Gasteiger partial charge is 0.382 e. The van der Waals surface area contributed by atoms with Crippen LogP contribution < -0.4 is 5.32 Å². The molecule has 134 valence electrons. The number of likely N-dealkylation sites (N-methyl/N-ethyl adjacent to an activating group) is 1. The van der Waals surface area contributed by atoms with E-state index in [4.69, 9.17) is 4.74 Å². The number of carbonyl (C=O) groups excluding carboxylic acids is 1. The molecule has 0 radical (unpaired) electrons. The zero-order chi connectivity index (χ0) is 17.8. The maximum Gasteiger partial charge on any atom is 0.243 e. The van der Waals surface area contributed by atoms with E-state index in [1.807, 2.05) is 37.1 Å². The van der Waals surface area contributed by atoms with E-state index in [9.17, 15) is 4.79 Å². The van der Waals surface area contributed by atoms with Crippen LogP contribution in [0.25, 0.3) is 0 Å². The molecular weight excluding hydrogens is 304 g/mol. The third kappa shape index (κ3) is 7.97. The highest BCUT2D eigenvalue weighted by molar-refractivity contribution is 5.84. The van der Waals surface area contributed by atoms with Crippen molar-refractivity contribution in [2.75, 3.05) is 47.4 Å². The van der Waals surface area contributed by atoms with Gasteiger partial charge in [-0.15, -0.1) is 0 Å². The molecule has 1 N–H and O–H groups in total. The van der Waals surface area contributed by atoms with E-state index in [1.54, 1.807) is 19.0 Å². The van der Waals surface area contributed by atoms with Crippen molar-refractivity contribution in [3.63, 3.8) is 0 Å². The molecule has 6 heteroatoms. The summed E-state index contributed by atoms with van der Waals surface area (Å²) in [5.41, 5.74) is 1.20. The molecule has 0 aromatic heterocycles. The Bertz CT molecular complexity index is 503. The first-order valence-electron chi connectivity index (χ1n) is 8.35. The highest BCUT2D eigenvalue weighted by atomic mass is 16.5. The molecule has 0 fully saturated rings. The summed E-state index contributed by atoms with van der Waals surface area (Å²) >= 11 is 0. The van der Waals surface area contributed by atoms with Gasteiger partial charge in [-0.1, -0.05) is 30.3 Å². The van der Waals surface area contributed by atoms with Crippen LogP contribution in [0.5, 0.6) is 0 Å². The summed E-state index contributed by atoms with van der Waals surface area (Å²) < 4.78 is 5.35. The van der Waals surface area contributed by atoms with Crippen LogP contribution >= 0.6 is 0 Å². The fraction of sp³-hybridized carbons (Fsp3) is 0.556. The Kier molecular flexibility index (Phi) is 9.53. The van der Waals surface area contributed by atoms with Gasteiger partial charge in [0, 0.05) is 47.4 Å². The van der Waals surface area contributed by atoms with Crippen LogP contribution in [-0.2, 0) is 16.1 Å². The van der Waals surface area contributed by atoms with E-state index < -0.39 is 0 Å². The Labute approximate surface area is 145 Å². The SMILES string of the molecule is CCOCCCNC(=NCC(=O)N(C)C)N(C)Cc1ccccc1. The molecule has 0 aliphatic carbocycles. The summed E-state index contributed by atoms with van der Waals surface area (Å²) in [7, 11) is 5.45. The van der Waals surface area contributed by atoms with Crippen molar-refractivity contribution in [3.8, 4) is 0 Å². The van der Waals surface area contributed by atoms with Gasteiger partial charge < -0.3 is 19.9 Å². The van der Waals surface area contributed by atoms with Crippen LogP contribution in [0.2, 0.25) is 0 Å². The summed E-state index contributed by atoms with van der Waals surface area (Å²) in [5.74, 6) is 0.710. The molecule has 0 heterocycles. The zero-order valence-electron chi connectivity index (χ0n) is 15.3. The van der Waals surface area contributed by atoms with Gasteiger partial charge in [0.1, 0.15) is 6.54 Å². The number of hydrogen-bond donors (Lipinski definition) is 1. The Hall–Kier alpha value is -2.08. The standard InChI is InChI=1S/C18H30N4O2/c1-5-24-13-9-12-19-18(20-14-17(23)21(2)3)22(4)15-16-10-7-6-8-11-16/h6-8,10-11H,5,9,12-15H2,1-4H3,(H,19,20). The molecule has 0 saturated heterocycles. The van der Waals surface area contributed by atoms with Crippen molar-refractivity contribution in [2.45, 2.75) is 19.9 Å². The molecule has 0 unspecified atom stereocenters. The second kappa shape index (κ2) is 11.5. The van der Waals surface area contributed by atoms with Crippen molar-refractivity contribution in [1.29, 1.82) is 0 Å². The Morgan fingerprint density at radius 1 is 1.21 bits per heavy atom. The predicted molar refractivity (Wildman–Crippen MR) is 98.0 cm³/mol. The van der Waals surface area contributed by atoms with E-state index in [2.05, 4.69) is 22.4 Å². The lowest BCUT2D eigenvalue weighted by Gasteiger charge is -2.23. The molecule has 1 rings (SSSR count). The first kappa shape index (κ1) is 20.0. The average molecular weight is 334 g/mol. The number of ether oxygens (including phenoxy) is 1. The fourth-order valence-electron chi connectivity index (χ4n) is 2.05. The lowest BCUT2D eigenvalue weighted by Crippen LogP contribution is -2.40. The minimum atomic E-state index is -0.0169. The number of nitrogens with one attached hydrogen (secondary N) is 1. The van der Waals surface area contributed by atoms with Crippen molar-refractivity contribution in [3.05, 3.63) is 35.9 Å². The molecule has 24 heavy (non-hydrogen) atoms. The number of benzene rings is 1. The van der Waals surface area contributed by atoms with E-state index in [-0.39, 0.29) is 12.5 Å². The fourth-order valence-corrected chi connectivity index (χ4v) is 2.05. The summed E-state index contributed by atoms with van der Waals surface area (Å²) in [5, 5.41) is 3.32. The van der Waals surface area contributed by atoms with E-state index in [0.29, 0.717) is 0 Å². The Morgan fingerprint density at radius 3 is 2.54 bits per heavy atom. The average Bonchev–Trinajstić information content (AvgIpc) is 2.57. The number of amides is 1. The van der Waals surface area contributed by atoms with Gasteiger partial charge in [0.25, 0.3) is 0 Å². The van der Waals surface area contributed by atoms with Crippen LogP contribution in [0.3, 0.4) is 0 Å². The lowest BCUT2D eigenvalue weighted by molar-refractivity contribution is -0.127. The van der Waals surface area contributed by atoms with Crippen LogP contribution in [0.15, 0.2) is 35.3 Å². The maximum absolute atomic E-state index is 11.8. The van der Waals surface area contributed by atoms with Gasteiger partial charge in [0.2, 0.25) is 5.91 Å². The van der Waals surface area contributed by atoms with Gasteiger partial charge >= 0.3 is 0 Å². The minimum absolute atomic E-state index is 0.0169. The first-order chi connectivity index (χ1) is 11.5. The quantitative estimate of drug-likeness (QED) is 0.423. The second-order valence-electron chi connectivity index (χ2n) is 5.75. The smallest absolute Gasteiger partial charge is 0.243 e. The topological polar surface area (TPSA) is 57.2 Å². The highest BCUT2D eigenvalue weighted by Gasteiger charge is 2.09. The van der Waals surface area contributed by atoms with Crippen LogP contribution in [0, 0.1) is 0 Å². The number of aliphatic imine (C=N–C) groups is 1. The van der Waals surface area contributed by atoms with Gasteiger partial charge in [0.05, 0.1) is 0 Å². The van der Waals surface area contributed by atoms with E-state index in [1.165, 1.54) is 5.56 Å². The van der Waals surface area contributed by atoms with Gasteiger partial charge in [-0.3, -0.25) is 4.79 Å². The summed E-state index contributed by atoms with van der Waals surface area (Å²) in [6.45, 7) is 5.06. The van der Waals surface area contributed by atoms with Gasteiger partial charge in [-0.05, 0) is 18.9 Å². The normalized spacial score (nSPS) is 11.2. The molecule has 0 atom stereocenters. The molecule has 1 amide bonds. The van der Waals surface area contributed by atoms with Crippen molar-refractivity contribution in [1.82, 2.24) is 15.1 Å². The van der Waals surface area contributed by atoms with Crippen molar-refractivity contribution in [2.24, 2.45) is 4.99 Å². The van der Waals surface area contributed by atoms with E-state index in [0.717, 1.165) is 38.7 Å². The third-order valence-electron chi connectivity index (χ3n) is 3.44. The Morgan fingerprint density at radius 2 is 1.92 bits per heavy atom. The number of carbonyl (C=O) groups is 1. The van der Waals surface area contributed by atoms with E-state index >= 15 is 0 Å².